The van der Waals surface area contributed by atoms with Crippen molar-refractivity contribution in [1.29, 1.82) is 0 Å². The summed E-state index contributed by atoms with van der Waals surface area (Å²) in [5, 5.41) is 13.1. The molecule has 1 aromatic heterocycles. The predicted molar refractivity (Wildman–Crippen MR) is 227 cm³/mol. The highest BCUT2D eigenvalue weighted by Crippen LogP contribution is 2.82. The number of likely N-dealkylation sites (tertiary alicyclic amines) is 1. The van der Waals surface area contributed by atoms with E-state index >= 15 is 4.79 Å². The van der Waals surface area contributed by atoms with Gasteiger partial charge >= 0.3 is 17.9 Å². The monoisotopic (exact) mass is 836 g/mol. The number of hydrogen-bond acceptors (Lipinski definition) is 12. The molecule has 2 N–H and O–H groups in total. The van der Waals surface area contributed by atoms with Gasteiger partial charge in [0.25, 0.3) is 5.60 Å². The van der Waals surface area contributed by atoms with E-state index in [-0.39, 0.29) is 17.9 Å². The number of aromatic amines is 1. The summed E-state index contributed by atoms with van der Waals surface area (Å²) in [5.74, 6) is -2.11. The zero-order valence-corrected chi connectivity index (χ0v) is 36.5. The minimum absolute atomic E-state index is 0.0629. The van der Waals surface area contributed by atoms with Gasteiger partial charge in [0.05, 0.1) is 31.3 Å². The highest BCUT2D eigenvalue weighted by atomic mass is 16.7. The molecule has 13 nitrogen and oxygen atoms in total. The van der Waals surface area contributed by atoms with E-state index in [0.717, 1.165) is 58.6 Å². The van der Waals surface area contributed by atoms with Crippen LogP contribution < -0.4 is 0 Å². The molecule has 1 saturated carbocycles. The van der Waals surface area contributed by atoms with Crippen LogP contribution in [0.1, 0.15) is 69.7 Å². The van der Waals surface area contributed by atoms with E-state index in [1.807, 2.05) is 26.1 Å². The molecule has 61 heavy (non-hydrogen) atoms. The number of esters is 3. The lowest BCUT2D eigenvalue weighted by atomic mass is 9.48. The summed E-state index contributed by atoms with van der Waals surface area (Å²) in [7, 11) is 6.48. The Bertz CT molecular complexity index is 2340. The number of fused-ring (bicyclic) bond motifs is 6. The third-order valence-corrected chi connectivity index (χ3v) is 16.8. The van der Waals surface area contributed by atoms with Crippen molar-refractivity contribution in [2.45, 2.75) is 99.9 Å². The van der Waals surface area contributed by atoms with Gasteiger partial charge in [-0.3, -0.25) is 19.4 Å². The Balaban J connectivity index is 1.26. The first kappa shape index (κ1) is 40.8. The molecule has 2 aliphatic carbocycles. The van der Waals surface area contributed by atoms with Crippen molar-refractivity contribution in [3.63, 3.8) is 0 Å². The summed E-state index contributed by atoms with van der Waals surface area (Å²) in [6.07, 6.45) is 12.3. The summed E-state index contributed by atoms with van der Waals surface area (Å²) in [6, 6.07) is 6.01. The van der Waals surface area contributed by atoms with Gasteiger partial charge in [-0.15, -0.1) is 0 Å². The average Bonchev–Trinajstić information content (AvgIpc) is 3.51. The molecule has 12 atom stereocenters. The molecule has 6 aliphatic heterocycles. The van der Waals surface area contributed by atoms with Crippen LogP contribution in [0.4, 0.5) is 0 Å². The molecule has 7 heterocycles. The second-order valence-electron chi connectivity index (χ2n) is 19.2. The number of methoxy groups -OCH3 is 3. The van der Waals surface area contributed by atoms with Crippen molar-refractivity contribution in [3.8, 4) is 0 Å². The van der Waals surface area contributed by atoms with Crippen LogP contribution in [0.5, 0.6) is 0 Å². The highest BCUT2D eigenvalue weighted by molar-refractivity contribution is 5.93. The number of piperidine rings is 1. The minimum Gasteiger partial charge on any atom is -0.468 e. The van der Waals surface area contributed by atoms with Crippen molar-refractivity contribution in [2.24, 2.45) is 22.7 Å². The van der Waals surface area contributed by atoms with Gasteiger partial charge in [-0.2, -0.15) is 0 Å². The fourth-order valence-electron chi connectivity index (χ4n) is 14.5. The number of likely N-dealkylation sites (N-methyl/N-ethyl adjacent to an activating group) is 1. The topological polar surface area (TPSA) is 146 Å². The normalized spacial score (nSPS) is 41.7. The average molecular weight is 837 g/mol. The van der Waals surface area contributed by atoms with Crippen molar-refractivity contribution in [1.82, 2.24) is 19.7 Å². The fourth-order valence-corrected chi connectivity index (χ4v) is 14.5. The smallest absolute Gasteiger partial charge is 0.347 e. The number of aliphatic hydroxyl groups is 1. The standard InChI is InChI=1S/C48H60N4O9/c1-9-29-13-14-35-32(21-29)31-15-19-51-26-30(24-43(56,10-2)27-51)25-45(38(31)49-35,41(54)58-7)34-22-33-36(23-37(34)57-6)50(5)48-46(33)17-20-52-18-12-16-44(11-3,39(46)52)40(60-28(4)53)47(48,61-48)42(55)59-8/h9,12-14,16,21-23,30,34,37,39-40,49,56H,1,10-11,15,17-20,24-27H2,2-8H3/t30-,34?,37?,39+,40-,43+,44-,45+,46-,47+,48+/m1/s1. The van der Waals surface area contributed by atoms with Gasteiger partial charge in [-0.1, -0.05) is 50.8 Å². The molecule has 0 radical (unpaired) electrons. The number of H-pyrrole nitrogens is 1. The second kappa shape index (κ2) is 13.6. The number of hydrogen-bond donors (Lipinski definition) is 2. The lowest BCUT2D eigenvalue weighted by Gasteiger charge is -2.58. The lowest BCUT2D eigenvalue weighted by molar-refractivity contribution is -0.182. The maximum Gasteiger partial charge on any atom is 0.347 e. The van der Waals surface area contributed by atoms with Gasteiger partial charge in [0.1, 0.15) is 5.41 Å². The molecule has 3 unspecified atom stereocenters. The van der Waals surface area contributed by atoms with Gasteiger partial charge in [0, 0.05) is 86.9 Å². The van der Waals surface area contributed by atoms with E-state index in [2.05, 4.69) is 69.6 Å². The number of carbonyl (C=O) groups excluding carboxylic acids is 3. The van der Waals surface area contributed by atoms with E-state index in [1.54, 1.807) is 7.11 Å². The van der Waals surface area contributed by atoms with Crippen molar-refractivity contribution < 1.29 is 43.2 Å². The van der Waals surface area contributed by atoms with Gasteiger partial charge in [0.2, 0.25) is 0 Å². The van der Waals surface area contributed by atoms with Gasteiger partial charge in [-0.25, -0.2) is 4.79 Å². The summed E-state index contributed by atoms with van der Waals surface area (Å²) in [4.78, 5) is 54.0. The second-order valence-corrected chi connectivity index (χ2v) is 19.2. The summed E-state index contributed by atoms with van der Waals surface area (Å²) < 4.78 is 31.7. The fraction of sp³-hybridized carbons (Fsp3) is 0.604. The molecule has 2 bridgehead atoms. The molecule has 2 aromatic rings. The van der Waals surface area contributed by atoms with Gasteiger partial charge in [-0.05, 0) is 85.9 Å². The molecule has 8 aliphatic rings. The quantitative estimate of drug-likeness (QED) is 0.165. The minimum atomic E-state index is -1.65. The number of rotatable bonds is 8. The third kappa shape index (κ3) is 4.87. The molecule has 10 rings (SSSR count). The molecule has 326 valence electrons. The van der Waals surface area contributed by atoms with E-state index in [4.69, 9.17) is 23.7 Å². The number of carbonyl (C=O) groups is 3. The summed E-state index contributed by atoms with van der Waals surface area (Å²) in [6.45, 7) is 13.0. The molecule has 5 fully saturated rings. The molecule has 1 aromatic carbocycles. The number of allylic oxidation sites excluding steroid dienone is 1. The number of nitrogens with one attached hydrogen (secondary N) is 1. The first-order valence-corrected chi connectivity index (χ1v) is 22.1. The first-order chi connectivity index (χ1) is 29.2. The van der Waals surface area contributed by atoms with Crippen LogP contribution in [0, 0.1) is 22.7 Å². The van der Waals surface area contributed by atoms with Crippen LogP contribution in [0.25, 0.3) is 17.0 Å². The number of epoxide rings is 1. The molecule has 2 spiro atoms. The van der Waals surface area contributed by atoms with Gasteiger partial charge < -0.3 is 38.7 Å². The zero-order chi connectivity index (χ0) is 43.1. The third-order valence-electron chi connectivity index (χ3n) is 16.8. The molecule has 4 saturated heterocycles. The summed E-state index contributed by atoms with van der Waals surface area (Å²) >= 11 is 0. The molecule has 0 amide bonds. The maximum absolute atomic E-state index is 15.5. The van der Waals surface area contributed by atoms with E-state index in [9.17, 15) is 14.7 Å². The van der Waals surface area contributed by atoms with Crippen LogP contribution in [-0.2, 0) is 49.9 Å². The number of nitrogens with zero attached hydrogens (tertiary/aromatic N) is 3. The first-order valence-electron chi connectivity index (χ1n) is 22.1. The Morgan fingerprint density at radius 2 is 1.85 bits per heavy atom. The van der Waals surface area contributed by atoms with Crippen LogP contribution in [0.2, 0.25) is 0 Å². The molecular weight excluding hydrogens is 777 g/mol. The summed E-state index contributed by atoms with van der Waals surface area (Å²) in [5.41, 5.74) is -1.17. The van der Waals surface area contributed by atoms with Crippen molar-refractivity contribution in [3.05, 3.63) is 77.2 Å². The van der Waals surface area contributed by atoms with Crippen LogP contribution in [0.3, 0.4) is 0 Å². The Morgan fingerprint density at radius 3 is 2.54 bits per heavy atom. The lowest BCUT2D eigenvalue weighted by Crippen LogP contribution is -2.73. The van der Waals surface area contributed by atoms with E-state index < -0.39 is 63.2 Å². The molecular formula is C48H60N4O9. The van der Waals surface area contributed by atoms with Crippen molar-refractivity contribution in [2.75, 3.05) is 61.1 Å². The Kier molecular flexibility index (Phi) is 9.10. The number of ether oxygens (including phenoxy) is 5. The maximum atomic E-state index is 15.5. The van der Waals surface area contributed by atoms with Crippen LogP contribution in [-0.4, -0.2) is 139 Å². The Morgan fingerprint density at radius 1 is 1.07 bits per heavy atom. The predicted octanol–water partition coefficient (Wildman–Crippen LogP) is 4.64. The largest absolute Gasteiger partial charge is 0.468 e. The Hall–Kier alpha value is -4.27. The van der Waals surface area contributed by atoms with Crippen LogP contribution >= 0.6 is 0 Å². The number of aromatic nitrogens is 1. The Labute approximate surface area is 357 Å². The SMILES string of the molecule is C=Cc1ccc2[nH]c3c(c2c1)CCN1C[C@H](C[C@@](O)(CC)C1)C[C@]3(C(=O)OC)C1C=C2C(=CC1OC)N(C)[C@@]13O[C@]1(C(=O)OC)[C@H](OC(C)=O)[C@]1(CC)C=CCN4CC[C@]23[C@@H]41. The van der Waals surface area contributed by atoms with Crippen LogP contribution in [0.15, 0.2) is 60.4 Å². The highest BCUT2D eigenvalue weighted by Gasteiger charge is 2.99. The van der Waals surface area contributed by atoms with E-state index in [0.29, 0.717) is 51.6 Å². The number of benzene rings is 1. The van der Waals surface area contributed by atoms with Crippen molar-refractivity contribution >= 4 is 34.9 Å². The zero-order valence-electron chi connectivity index (χ0n) is 36.5. The van der Waals surface area contributed by atoms with Gasteiger partial charge in [0.15, 0.2) is 11.8 Å². The molecule has 13 heteroatoms. The van der Waals surface area contributed by atoms with E-state index in [1.165, 1.54) is 21.1 Å².